The first kappa shape index (κ1) is 17.5. The molecule has 2 aliphatic rings. The molecule has 3 rings (SSSR count). The summed E-state index contributed by atoms with van der Waals surface area (Å²) in [6.07, 6.45) is 3.62. The van der Waals surface area contributed by atoms with Crippen molar-refractivity contribution in [3.05, 3.63) is 6.33 Å². The number of anilines is 3. The van der Waals surface area contributed by atoms with E-state index in [1.807, 2.05) is 0 Å². The minimum absolute atomic E-state index is 0.214. The molecular formula is C16H26N6O3. The van der Waals surface area contributed by atoms with Crippen molar-refractivity contribution >= 4 is 23.4 Å². The van der Waals surface area contributed by atoms with Gasteiger partial charge in [0.25, 0.3) is 0 Å². The summed E-state index contributed by atoms with van der Waals surface area (Å²) < 4.78 is 10.7. The smallest absolute Gasteiger partial charge is 0.409 e. The van der Waals surface area contributed by atoms with E-state index < -0.39 is 0 Å². The van der Waals surface area contributed by atoms with E-state index in [9.17, 15) is 4.79 Å². The summed E-state index contributed by atoms with van der Waals surface area (Å²) in [5, 5.41) is 3.27. The van der Waals surface area contributed by atoms with E-state index in [0.29, 0.717) is 56.7 Å². The van der Waals surface area contributed by atoms with Crippen molar-refractivity contribution in [2.24, 2.45) is 0 Å². The van der Waals surface area contributed by atoms with Gasteiger partial charge in [-0.1, -0.05) is 0 Å². The number of aromatic nitrogens is 2. The Bertz CT molecular complexity index is 585. The van der Waals surface area contributed by atoms with Crippen LogP contribution in [0.2, 0.25) is 0 Å². The molecule has 0 saturated carbocycles. The van der Waals surface area contributed by atoms with Gasteiger partial charge in [0.2, 0.25) is 0 Å². The fourth-order valence-electron chi connectivity index (χ4n) is 3.11. The number of piperazine rings is 1. The van der Waals surface area contributed by atoms with Gasteiger partial charge in [-0.3, -0.25) is 0 Å². The largest absolute Gasteiger partial charge is 0.450 e. The third-order valence-corrected chi connectivity index (χ3v) is 4.49. The number of rotatable bonds is 5. The number of hydrogen-bond donors (Lipinski definition) is 2. The maximum atomic E-state index is 11.8. The van der Waals surface area contributed by atoms with E-state index >= 15 is 0 Å². The molecule has 0 aliphatic carbocycles. The molecule has 9 heteroatoms. The zero-order valence-corrected chi connectivity index (χ0v) is 14.6. The Labute approximate surface area is 147 Å². The van der Waals surface area contributed by atoms with Gasteiger partial charge in [0.05, 0.1) is 12.7 Å². The fraction of sp³-hybridized carbons (Fsp3) is 0.688. The Balaban J connectivity index is 1.59. The topological polar surface area (TPSA) is 106 Å². The highest BCUT2D eigenvalue weighted by Gasteiger charge is 2.25. The molecule has 1 amide bonds. The third-order valence-electron chi connectivity index (χ3n) is 4.49. The van der Waals surface area contributed by atoms with Crippen LogP contribution in [0.4, 0.5) is 22.1 Å². The van der Waals surface area contributed by atoms with Gasteiger partial charge in [-0.15, -0.1) is 0 Å². The summed E-state index contributed by atoms with van der Waals surface area (Å²) >= 11 is 0. The number of nitrogen functional groups attached to an aromatic ring is 1. The summed E-state index contributed by atoms with van der Waals surface area (Å²) in [6, 6.07) is 0. The molecule has 2 aliphatic heterocycles. The van der Waals surface area contributed by atoms with E-state index in [4.69, 9.17) is 15.2 Å². The quantitative estimate of drug-likeness (QED) is 0.808. The Hall–Kier alpha value is -2.29. The van der Waals surface area contributed by atoms with Crippen LogP contribution in [-0.2, 0) is 9.47 Å². The Morgan fingerprint density at radius 2 is 2.20 bits per heavy atom. The lowest BCUT2D eigenvalue weighted by molar-refractivity contribution is 0.105. The Morgan fingerprint density at radius 3 is 2.88 bits per heavy atom. The summed E-state index contributed by atoms with van der Waals surface area (Å²) in [5.74, 6) is 1.33. The predicted molar refractivity (Wildman–Crippen MR) is 94.7 cm³/mol. The van der Waals surface area contributed by atoms with Crippen LogP contribution >= 0.6 is 0 Å². The number of hydrogen-bond acceptors (Lipinski definition) is 8. The molecule has 138 valence electrons. The second-order valence-corrected chi connectivity index (χ2v) is 6.15. The molecule has 0 aromatic carbocycles. The minimum atomic E-state index is -0.267. The highest BCUT2D eigenvalue weighted by molar-refractivity contribution is 5.75. The number of nitrogens with one attached hydrogen (secondary N) is 1. The van der Waals surface area contributed by atoms with E-state index in [0.717, 1.165) is 19.4 Å². The van der Waals surface area contributed by atoms with Crippen LogP contribution in [0, 0.1) is 0 Å². The lowest BCUT2D eigenvalue weighted by Gasteiger charge is -2.35. The van der Waals surface area contributed by atoms with Crippen LogP contribution in [-0.4, -0.2) is 73.0 Å². The summed E-state index contributed by atoms with van der Waals surface area (Å²) in [5.41, 5.74) is 6.80. The van der Waals surface area contributed by atoms with E-state index in [1.54, 1.807) is 11.8 Å². The average molecular weight is 350 g/mol. The first-order chi connectivity index (χ1) is 12.2. The minimum Gasteiger partial charge on any atom is -0.450 e. The highest BCUT2D eigenvalue weighted by Crippen LogP contribution is 2.27. The fourth-order valence-corrected chi connectivity index (χ4v) is 3.11. The van der Waals surface area contributed by atoms with Gasteiger partial charge in [0, 0.05) is 39.3 Å². The van der Waals surface area contributed by atoms with Crippen molar-refractivity contribution in [3.8, 4) is 0 Å². The summed E-state index contributed by atoms with van der Waals surface area (Å²) in [6.45, 7) is 6.19. The molecular weight excluding hydrogens is 324 g/mol. The maximum Gasteiger partial charge on any atom is 0.409 e. The lowest BCUT2D eigenvalue weighted by Crippen LogP contribution is -2.49. The first-order valence-electron chi connectivity index (χ1n) is 8.81. The second-order valence-electron chi connectivity index (χ2n) is 6.15. The average Bonchev–Trinajstić information content (AvgIpc) is 3.15. The Morgan fingerprint density at radius 1 is 1.40 bits per heavy atom. The van der Waals surface area contributed by atoms with Gasteiger partial charge in [0.1, 0.15) is 12.0 Å². The van der Waals surface area contributed by atoms with Crippen LogP contribution in [0.5, 0.6) is 0 Å². The molecule has 2 saturated heterocycles. The number of carbonyl (C=O) groups excluding carboxylic acids is 1. The molecule has 0 spiro atoms. The van der Waals surface area contributed by atoms with Gasteiger partial charge in [0.15, 0.2) is 11.6 Å². The molecule has 3 N–H and O–H groups in total. The molecule has 9 nitrogen and oxygen atoms in total. The van der Waals surface area contributed by atoms with Crippen molar-refractivity contribution in [1.29, 1.82) is 0 Å². The van der Waals surface area contributed by atoms with Crippen molar-refractivity contribution in [1.82, 2.24) is 14.9 Å². The van der Waals surface area contributed by atoms with Gasteiger partial charge in [-0.25, -0.2) is 14.8 Å². The molecule has 1 atom stereocenters. The standard InChI is InChI=1S/C16H26N6O3/c1-2-24-16(23)22-7-5-21(6-8-22)15-13(17)14(19-11-20-15)18-10-12-4-3-9-25-12/h11-12H,2-10,17H2,1H3,(H,18,19,20). The lowest BCUT2D eigenvalue weighted by atomic mass is 10.2. The molecule has 0 bridgehead atoms. The van der Waals surface area contributed by atoms with Crippen LogP contribution < -0.4 is 16.0 Å². The number of carbonyl (C=O) groups is 1. The zero-order valence-electron chi connectivity index (χ0n) is 14.6. The van der Waals surface area contributed by atoms with Crippen molar-refractivity contribution in [2.75, 3.05) is 61.9 Å². The number of amides is 1. The van der Waals surface area contributed by atoms with Crippen LogP contribution in [0.3, 0.4) is 0 Å². The molecule has 1 aromatic heterocycles. The van der Waals surface area contributed by atoms with E-state index in [1.165, 1.54) is 6.33 Å². The molecule has 3 heterocycles. The molecule has 25 heavy (non-hydrogen) atoms. The van der Waals surface area contributed by atoms with Crippen LogP contribution in [0.1, 0.15) is 19.8 Å². The van der Waals surface area contributed by atoms with Crippen LogP contribution in [0.15, 0.2) is 6.33 Å². The third kappa shape index (κ3) is 4.22. The molecule has 1 aromatic rings. The van der Waals surface area contributed by atoms with Crippen molar-refractivity contribution in [3.63, 3.8) is 0 Å². The Kier molecular flexibility index (Phi) is 5.75. The first-order valence-corrected chi connectivity index (χ1v) is 8.81. The second kappa shape index (κ2) is 8.19. The normalized spacial score (nSPS) is 20.6. The number of nitrogens with two attached hydrogens (primary N) is 1. The number of ether oxygens (including phenoxy) is 2. The van der Waals surface area contributed by atoms with Gasteiger partial charge >= 0.3 is 6.09 Å². The molecule has 2 fully saturated rings. The highest BCUT2D eigenvalue weighted by atomic mass is 16.6. The van der Waals surface area contributed by atoms with Crippen LogP contribution in [0.25, 0.3) is 0 Å². The number of nitrogens with zero attached hydrogens (tertiary/aromatic N) is 4. The molecule has 1 unspecified atom stereocenters. The van der Waals surface area contributed by atoms with E-state index in [-0.39, 0.29) is 12.2 Å². The van der Waals surface area contributed by atoms with Gasteiger partial charge in [-0.05, 0) is 19.8 Å². The maximum absolute atomic E-state index is 11.8. The van der Waals surface area contributed by atoms with Crippen molar-refractivity contribution in [2.45, 2.75) is 25.9 Å². The summed E-state index contributed by atoms with van der Waals surface area (Å²) in [7, 11) is 0. The van der Waals surface area contributed by atoms with Gasteiger partial charge < -0.3 is 30.3 Å². The van der Waals surface area contributed by atoms with Crippen molar-refractivity contribution < 1.29 is 14.3 Å². The SMILES string of the molecule is CCOC(=O)N1CCN(c2ncnc(NCC3CCCO3)c2N)CC1. The van der Waals surface area contributed by atoms with Gasteiger partial charge in [-0.2, -0.15) is 0 Å². The monoisotopic (exact) mass is 350 g/mol. The predicted octanol–water partition coefficient (Wildman–Crippen LogP) is 0.928. The molecule has 0 radical (unpaired) electrons. The zero-order chi connectivity index (χ0) is 17.6. The summed E-state index contributed by atoms with van der Waals surface area (Å²) in [4.78, 5) is 24.1. The van der Waals surface area contributed by atoms with E-state index in [2.05, 4.69) is 20.2 Å².